The van der Waals surface area contributed by atoms with Gasteiger partial charge in [0, 0.05) is 23.9 Å². The second-order valence-electron chi connectivity index (χ2n) is 8.06. The van der Waals surface area contributed by atoms with Gasteiger partial charge in [-0.2, -0.15) is 0 Å². The van der Waals surface area contributed by atoms with Crippen LogP contribution >= 0.6 is 11.3 Å². The molecule has 34 heavy (non-hydrogen) atoms. The van der Waals surface area contributed by atoms with Gasteiger partial charge in [-0.05, 0) is 56.2 Å². The minimum atomic E-state index is -0.529. The lowest BCUT2D eigenvalue weighted by Gasteiger charge is -2.15. The third kappa shape index (κ3) is 4.22. The molecule has 0 aliphatic carbocycles. The zero-order valence-corrected chi connectivity index (χ0v) is 19.5. The van der Waals surface area contributed by atoms with Crippen molar-refractivity contribution in [2.75, 3.05) is 18.5 Å². The van der Waals surface area contributed by atoms with E-state index in [9.17, 15) is 14.4 Å². The number of nitrogens with zero attached hydrogens (tertiary/aromatic N) is 3. The van der Waals surface area contributed by atoms with Crippen LogP contribution in [-0.4, -0.2) is 39.3 Å². The Balaban J connectivity index is 1.54. The predicted molar refractivity (Wildman–Crippen MR) is 131 cm³/mol. The second kappa shape index (κ2) is 9.40. The number of anilines is 1. The molecule has 1 aliphatic rings. The van der Waals surface area contributed by atoms with E-state index in [1.807, 2.05) is 13.0 Å². The molecule has 1 fully saturated rings. The van der Waals surface area contributed by atoms with Crippen LogP contribution in [0.2, 0.25) is 0 Å². The average Bonchev–Trinajstić information content (AvgIpc) is 3.49. The molecule has 1 aromatic carbocycles. The van der Waals surface area contributed by atoms with Gasteiger partial charge in [0.15, 0.2) is 0 Å². The maximum Gasteiger partial charge on any atom is 0.332 e. The van der Waals surface area contributed by atoms with Gasteiger partial charge in [0.1, 0.15) is 21.8 Å². The average molecular weight is 481 g/mol. The SMILES string of the molecule is CCOc1ccc(NC(=O)Cn2c(=O)n(C[C@H]3CCCO3)c(=O)c3sc4ncccc4c32)cc1. The molecule has 1 atom stereocenters. The molecular formula is C24H24N4O5S. The van der Waals surface area contributed by atoms with Gasteiger partial charge in [0.05, 0.1) is 24.8 Å². The maximum absolute atomic E-state index is 13.5. The molecule has 176 valence electrons. The first-order chi connectivity index (χ1) is 16.5. The Labute approximate surface area is 198 Å². The van der Waals surface area contributed by atoms with E-state index in [2.05, 4.69) is 10.3 Å². The summed E-state index contributed by atoms with van der Waals surface area (Å²) in [4.78, 5) is 44.7. The molecule has 1 amide bonds. The van der Waals surface area contributed by atoms with Crippen LogP contribution in [0, 0.1) is 0 Å². The molecule has 5 rings (SSSR count). The lowest BCUT2D eigenvalue weighted by Crippen LogP contribution is -2.43. The molecule has 1 N–H and O–H groups in total. The number of amides is 1. The number of carbonyl (C=O) groups is 1. The molecule has 1 saturated heterocycles. The first-order valence-electron chi connectivity index (χ1n) is 11.2. The van der Waals surface area contributed by atoms with Crippen LogP contribution in [-0.2, 0) is 22.6 Å². The van der Waals surface area contributed by atoms with Crippen molar-refractivity contribution in [2.45, 2.75) is 39.0 Å². The van der Waals surface area contributed by atoms with Crippen LogP contribution in [0.15, 0.2) is 52.2 Å². The Morgan fingerprint density at radius 1 is 1.24 bits per heavy atom. The topological polar surface area (TPSA) is 104 Å². The van der Waals surface area contributed by atoms with E-state index in [0.29, 0.717) is 45.1 Å². The number of carbonyl (C=O) groups excluding carboxylic acids is 1. The summed E-state index contributed by atoms with van der Waals surface area (Å²) < 4.78 is 14.1. The van der Waals surface area contributed by atoms with Gasteiger partial charge in [-0.3, -0.25) is 18.7 Å². The number of ether oxygens (including phenoxy) is 2. The summed E-state index contributed by atoms with van der Waals surface area (Å²) in [5, 5.41) is 3.50. The van der Waals surface area contributed by atoms with Crippen molar-refractivity contribution in [3.8, 4) is 5.75 Å². The van der Waals surface area contributed by atoms with Gasteiger partial charge in [-0.15, -0.1) is 11.3 Å². The van der Waals surface area contributed by atoms with Crippen molar-refractivity contribution in [3.05, 3.63) is 63.4 Å². The smallest absolute Gasteiger partial charge is 0.332 e. The highest BCUT2D eigenvalue weighted by Gasteiger charge is 2.24. The summed E-state index contributed by atoms with van der Waals surface area (Å²) in [6.45, 7) is 2.99. The van der Waals surface area contributed by atoms with E-state index >= 15 is 0 Å². The molecule has 0 spiro atoms. The number of thiophene rings is 1. The van der Waals surface area contributed by atoms with Gasteiger partial charge in [-0.1, -0.05) is 0 Å². The summed E-state index contributed by atoms with van der Waals surface area (Å²) >= 11 is 1.23. The van der Waals surface area contributed by atoms with E-state index < -0.39 is 5.69 Å². The number of nitrogens with one attached hydrogen (secondary N) is 1. The molecule has 10 heteroatoms. The Bertz CT molecular complexity index is 1470. The molecule has 4 aromatic rings. The first-order valence-corrected chi connectivity index (χ1v) is 12.0. The molecule has 4 heterocycles. The van der Waals surface area contributed by atoms with Crippen molar-refractivity contribution in [3.63, 3.8) is 0 Å². The van der Waals surface area contributed by atoms with E-state index in [-0.39, 0.29) is 30.7 Å². The van der Waals surface area contributed by atoms with Gasteiger partial charge >= 0.3 is 5.69 Å². The van der Waals surface area contributed by atoms with Crippen molar-refractivity contribution < 1.29 is 14.3 Å². The number of pyridine rings is 1. The van der Waals surface area contributed by atoms with Crippen LogP contribution < -0.4 is 21.3 Å². The predicted octanol–water partition coefficient (Wildman–Crippen LogP) is 2.99. The summed E-state index contributed by atoms with van der Waals surface area (Å²) in [6, 6.07) is 10.6. The third-order valence-electron chi connectivity index (χ3n) is 5.77. The molecular weight excluding hydrogens is 456 g/mol. The number of hydrogen-bond acceptors (Lipinski definition) is 7. The largest absolute Gasteiger partial charge is 0.494 e. The Morgan fingerprint density at radius 2 is 2.06 bits per heavy atom. The van der Waals surface area contributed by atoms with Crippen LogP contribution in [0.1, 0.15) is 19.8 Å². The zero-order valence-electron chi connectivity index (χ0n) is 18.7. The number of benzene rings is 1. The third-order valence-corrected chi connectivity index (χ3v) is 6.86. The van der Waals surface area contributed by atoms with Crippen molar-refractivity contribution in [1.29, 1.82) is 0 Å². The Morgan fingerprint density at radius 3 is 2.79 bits per heavy atom. The molecule has 3 aromatic heterocycles. The fraction of sp³-hybridized carbons (Fsp3) is 0.333. The summed E-state index contributed by atoms with van der Waals surface area (Å²) in [5.41, 5.74) is 0.121. The van der Waals surface area contributed by atoms with Crippen LogP contribution in [0.25, 0.3) is 20.4 Å². The highest BCUT2D eigenvalue weighted by Crippen LogP contribution is 2.29. The van der Waals surface area contributed by atoms with E-state index in [1.54, 1.807) is 36.5 Å². The number of aromatic nitrogens is 3. The molecule has 0 saturated carbocycles. The van der Waals surface area contributed by atoms with E-state index in [1.165, 1.54) is 20.5 Å². The first kappa shape index (κ1) is 22.3. The van der Waals surface area contributed by atoms with Crippen molar-refractivity contribution >= 4 is 43.4 Å². The lowest BCUT2D eigenvalue weighted by atomic mass is 10.2. The number of hydrogen-bond donors (Lipinski definition) is 1. The molecule has 9 nitrogen and oxygen atoms in total. The van der Waals surface area contributed by atoms with Gasteiger partial charge in [0.2, 0.25) is 5.91 Å². The summed E-state index contributed by atoms with van der Waals surface area (Å²) in [5.74, 6) is 0.329. The molecule has 0 bridgehead atoms. The normalized spacial score (nSPS) is 15.7. The quantitative estimate of drug-likeness (QED) is 0.436. The Hall–Kier alpha value is -3.50. The van der Waals surface area contributed by atoms with Crippen LogP contribution in [0.5, 0.6) is 5.75 Å². The van der Waals surface area contributed by atoms with Crippen molar-refractivity contribution in [1.82, 2.24) is 14.1 Å². The minimum Gasteiger partial charge on any atom is -0.494 e. The minimum absolute atomic E-state index is 0.162. The van der Waals surface area contributed by atoms with E-state index in [0.717, 1.165) is 12.8 Å². The second-order valence-corrected chi connectivity index (χ2v) is 9.06. The number of fused-ring (bicyclic) bond motifs is 3. The summed E-state index contributed by atoms with van der Waals surface area (Å²) in [6.07, 6.45) is 3.13. The fourth-order valence-corrected chi connectivity index (χ4v) is 5.32. The highest BCUT2D eigenvalue weighted by molar-refractivity contribution is 7.25. The number of rotatable bonds is 7. The fourth-order valence-electron chi connectivity index (χ4n) is 4.23. The molecule has 0 unspecified atom stereocenters. The zero-order chi connectivity index (χ0) is 23.7. The van der Waals surface area contributed by atoms with Crippen LogP contribution in [0.4, 0.5) is 5.69 Å². The lowest BCUT2D eigenvalue weighted by molar-refractivity contribution is -0.116. The molecule has 1 aliphatic heterocycles. The standard InChI is InChI=1S/C24H24N4O5S/c1-2-32-16-9-7-15(8-10-16)26-19(29)14-27-20-18-6-3-11-25-22(18)34-21(20)23(30)28(24(27)31)13-17-5-4-12-33-17/h3,6-11,17H,2,4-5,12-14H2,1H3,(H,26,29)/t17-/m1/s1. The van der Waals surface area contributed by atoms with Crippen molar-refractivity contribution in [2.24, 2.45) is 0 Å². The molecule has 0 radical (unpaired) electrons. The van der Waals surface area contributed by atoms with Crippen LogP contribution in [0.3, 0.4) is 0 Å². The van der Waals surface area contributed by atoms with Gasteiger partial charge in [0.25, 0.3) is 5.56 Å². The van der Waals surface area contributed by atoms with Gasteiger partial charge < -0.3 is 14.8 Å². The Kier molecular flexibility index (Phi) is 6.16. The van der Waals surface area contributed by atoms with E-state index in [4.69, 9.17) is 9.47 Å². The summed E-state index contributed by atoms with van der Waals surface area (Å²) in [7, 11) is 0. The van der Waals surface area contributed by atoms with Gasteiger partial charge in [-0.25, -0.2) is 9.78 Å². The maximum atomic E-state index is 13.5. The highest BCUT2D eigenvalue weighted by atomic mass is 32.1. The monoisotopic (exact) mass is 480 g/mol.